The topological polar surface area (TPSA) is 122 Å². The number of rotatable bonds is 5. The molecule has 36 heavy (non-hydrogen) atoms. The van der Waals surface area contributed by atoms with Crippen molar-refractivity contribution in [1.29, 1.82) is 0 Å². The maximum atomic E-state index is 14.1. The van der Waals surface area contributed by atoms with E-state index < -0.39 is 40.9 Å². The highest BCUT2D eigenvalue weighted by Gasteiger charge is 2.57. The lowest BCUT2D eigenvalue weighted by molar-refractivity contribution is -0.142. The first-order valence-corrected chi connectivity index (χ1v) is 12.2. The van der Waals surface area contributed by atoms with Gasteiger partial charge in [-0.25, -0.2) is 4.79 Å². The molecule has 1 aromatic rings. The standard InChI is InChI=1S/C27H42N4O5/c1-17(29-23(35)36-26(8,9)10)20(32)27(28)21(33)30(15-24(2,3)4)18-13-11-12-14-19(18)31(22(27)34)16-25(5,6)7/h11-14,17H,15-16,28H2,1-10H3,(H,29,35)/t17-/m0/s1. The summed E-state index contributed by atoms with van der Waals surface area (Å²) in [5, 5.41) is 2.44. The highest BCUT2D eigenvalue weighted by molar-refractivity contribution is 6.37. The fourth-order valence-electron chi connectivity index (χ4n) is 4.02. The summed E-state index contributed by atoms with van der Waals surface area (Å²) in [5.74, 6) is -2.56. The molecule has 0 bridgehead atoms. The summed E-state index contributed by atoms with van der Waals surface area (Å²) in [5.41, 5.74) is 3.49. The number of fused-ring (bicyclic) bond motifs is 1. The van der Waals surface area contributed by atoms with Crippen molar-refractivity contribution in [2.24, 2.45) is 16.6 Å². The van der Waals surface area contributed by atoms with Gasteiger partial charge in [0.05, 0.1) is 17.4 Å². The van der Waals surface area contributed by atoms with E-state index in [4.69, 9.17) is 10.5 Å². The van der Waals surface area contributed by atoms with Crippen LogP contribution in [0.25, 0.3) is 0 Å². The summed E-state index contributed by atoms with van der Waals surface area (Å²) in [6.07, 6.45) is -0.846. The average Bonchev–Trinajstić information content (AvgIpc) is 2.75. The van der Waals surface area contributed by atoms with Gasteiger partial charge in [-0.15, -0.1) is 0 Å². The SMILES string of the molecule is C[C@H](NC(=O)OC(C)(C)C)C(=O)C1(N)C(=O)N(CC(C)(C)C)c2ccccc2N(CC(C)(C)C)C1=O. The number of Topliss-reactive ketones (excluding diaryl/α,β-unsaturated/α-hetero) is 1. The van der Waals surface area contributed by atoms with E-state index in [1.54, 1.807) is 45.0 Å². The molecule has 0 unspecified atom stereocenters. The van der Waals surface area contributed by atoms with Crippen molar-refractivity contribution in [2.75, 3.05) is 22.9 Å². The number of nitrogens with two attached hydrogens (primary N) is 1. The monoisotopic (exact) mass is 502 g/mol. The molecule has 0 aromatic heterocycles. The number of benzene rings is 1. The van der Waals surface area contributed by atoms with E-state index in [0.717, 1.165) is 0 Å². The predicted molar refractivity (Wildman–Crippen MR) is 141 cm³/mol. The lowest BCUT2D eigenvalue weighted by atomic mass is 9.86. The second-order valence-corrected chi connectivity index (χ2v) is 12.9. The van der Waals surface area contributed by atoms with Gasteiger partial charge in [-0.2, -0.15) is 0 Å². The maximum Gasteiger partial charge on any atom is 0.408 e. The van der Waals surface area contributed by atoms with Gasteiger partial charge >= 0.3 is 6.09 Å². The Morgan fingerprint density at radius 2 is 1.28 bits per heavy atom. The Bertz CT molecular complexity index is 975. The number of nitrogens with zero attached hydrogens (tertiary/aromatic N) is 2. The number of hydrogen-bond donors (Lipinski definition) is 2. The zero-order valence-corrected chi connectivity index (χ0v) is 23.3. The molecule has 1 heterocycles. The third kappa shape index (κ3) is 6.63. The van der Waals surface area contributed by atoms with Crippen LogP contribution in [0.2, 0.25) is 0 Å². The molecule has 3 amide bonds. The van der Waals surface area contributed by atoms with Gasteiger partial charge < -0.3 is 25.6 Å². The van der Waals surface area contributed by atoms with Gasteiger partial charge in [0, 0.05) is 13.1 Å². The Balaban J connectivity index is 2.66. The van der Waals surface area contributed by atoms with E-state index in [-0.39, 0.29) is 23.9 Å². The molecule has 1 atom stereocenters. The molecular formula is C27H42N4O5. The molecule has 1 aromatic carbocycles. The second-order valence-electron chi connectivity index (χ2n) is 12.9. The minimum absolute atomic E-state index is 0.222. The highest BCUT2D eigenvalue weighted by Crippen LogP contribution is 2.39. The van der Waals surface area contributed by atoms with Crippen LogP contribution in [0, 0.1) is 10.8 Å². The molecule has 0 spiro atoms. The Hall–Kier alpha value is -2.94. The zero-order valence-electron chi connectivity index (χ0n) is 23.3. The molecular weight excluding hydrogens is 460 g/mol. The van der Waals surface area contributed by atoms with Crippen LogP contribution in [0.4, 0.5) is 16.2 Å². The van der Waals surface area contributed by atoms with Gasteiger partial charge in [-0.3, -0.25) is 14.4 Å². The average molecular weight is 503 g/mol. The first-order valence-electron chi connectivity index (χ1n) is 12.2. The lowest BCUT2D eigenvalue weighted by Crippen LogP contribution is -2.71. The van der Waals surface area contributed by atoms with E-state index in [1.165, 1.54) is 16.7 Å². The Morgan fingerprint density at radius 3 is 1.61 bits per heavy atom. The Labute approximate surface area is 214 Å². The van der Waals surface area contributed by atoms with Gasteiger partial charge in [-0.05, 0) is 50.7 Å². The molecule has 1 aliphatic heterocycles. The molecule has 0 saturated heterocycles. The first kappa shape index (κ1) is 29.3. The number of ketones is 1. The summed E-state index contributed by atoms with van der Waals surface area (Å²) in [4.78, 5) is 57.1. The third-order valence-corrected chi connectivity index (χ3v) is 5.41. The van der Waals surface area contributed by atoms with E-state index in [1.807, 2.05) is 41.5 Å². The van der Waals surface area contributed by atoms with Crippen LogP contribution in [0.3, 0.4) is 0 Å². The summed E-state index contributed by atoms with van der Waals surface area (Å²) in [6.45, 7) is 18.6. The Morgan fingerprint density at radius 1 is 0.889 bits per heavy atom. The van der Waals surface area contributed by atoms with Crippen molar-refractivity contribution < 1.29 is 23.9 Å². The first-order chi connectivity index (χ1) is 16.2. The predicted octanol–water partition coefficient (Wildman–Crippen LogP) is 3.64. The number of ether oxygens (including phenoxy) is 1. The van der Waals surface area contributed by atoms with E-state index in [0.29, 0.717) is 11.4 Å². The van der Waals surface area contributed by atoms with E-state index >= 15 is 0 Å². The number of carbonyl (C=O) groups excluding carboxylic acids is 4. The molecule has 9 nitrogen and oxygen atoms in total. The normalized spacial score (nSPS) is 17.3. The Kier molecular flexibility index (Phi) is 8.01. The van der Waals surface area contributed by atoms with Crippen LogP contribution in [0.15, 0.2) is 24.3 Å². The second kappa shape index (κ2) is 9.84. The van der Waals surface area contributed by atoms with Crippen LogP contribution in [-0.4, -0.2) is 54.0 Å². The molecule has 9 heteroatoms. The number of hydrogen-bond acceptors (Lipinski definition) is 6. The fourth-order valence-corrected chi connectivity index (χ4v) is 4.02. The maximum absolute atomic E-state index is 14.1. The number of carbonyl (C=O) groups is 4. The van der Waals surface area contributed by atoms with E-state index in [2.05, 4.69) is 5.32 Å². The van der Waals surface area contributed by atoms with Gasteiger partial charge in [0.15, 0.2) is 5.78 Å². The summed E-state index contributed by atoms with van der Waals surface area (Å²) >= 11 is 0. The highest BCUT2D eigenvalue weighted by atomic mass is 16.6. The van der Waals surface area contributed by atoms with Crippen molar-refractivity contribution in [1.82, 2.24) is 5.32 Å². The summed E-state index contributed by atoms with van der Waals surface area (Å²) in [6, 6.07) is 5.80. The van der Waals surface area contributed by atoms with Crippen LogP contribution in [0.5, 0.6) is 0 Å². The summed E-state index contributed by atoms with van der Waals surface area (Å²) in [7, 11) is 0. The molecule has 0 radical (unpaired) electrons. The van der Waals surface area contributed by atoms with Crippen molar-refractivity contribution in [3.05, 3.63) is 24.3 Å². The molecule has 0 fully saturated rings. The number of nitrogens with one attached hydrogen (secondary N) is 1. The molecule has 1 aliphatic rings. The quantitative estimate of drug-likeness (QED) is 0.593. The van der Waals surface area contributed by atoms with Gasteiger partial charge in [-0.1, -0.05) is 53.7 Å². The van der Waals surface area contributed by atoms with E-state index in [9.17, 15) is 19.2 Å². The molecule has 2 rings (SSSR count). The number of alkyl carbamates (subject to hydrolysis) is 1. The van der Waals surface area contributed by atoms with Crippen molar-refractivity contribution >= 4 is 35.1 Å². The van der Waals surface area contributed by atoms with Crippen LogP contribution in [-0.2, 0) is 19.1 Å². The number of amides is 3. The van der Waals surface area contributed by atoms with Crippen molar-refractivity contribution in [2.45, 2.75) is 86.4 Å². The lowest BCUT2D eigenvalue weighted by Gasteiger charge is -2.35. The fraction of sp³-hybridized carbons (Fsp3) is 0.630. The molecule has 3 N–H and O–H groups in total. The number of para-hydroxylation sites is 2. The molecule has 200 valence electrons. The summed E-state index contributed by atoms with van der Waals surface area (Å²) < 4.78 is 5.25. The zero-order chi connectivity index (χ0) is 27.9. The van der Waals surface area contributed by atoms with Crippen LogP contribution in [0.1, 0.15) is 69.2 Å². The van der Waals surface area contributed by atoms with Crippen molar-refractivity contribution in [3.63, 3.8) is 0 Å². The van der Waals surface area contributed by atoms with Gasteiger partial charge in [0.1, 0.15) is 5.60 Å². The number of anilines is 2. The largest absolute Gasteiger partial charge is 0.444 e. The minimum atomic E-state index is -2.55. The molecule has 0 saturated carbocycles. The minimum Gasteiger partial charge on any atom is -0.444 e. The van der Waals surface area contributed by atoms with Gasteiger partial charge in [0.2, 0.25) is 5.54 Å². The smallest absolute Gasteiger partial charge is 0.408 e. The molecule has 0 aliphatic carbocycles. The van der Waals surface area contributed by atoms with Crippen molar-refractivity contribution in [3.8, 4) is 0 Å². The third-order valence-electron chi connectivity index (χ3n) is 5.41. The van der Waals surface area contributed by atoms with Crippen LogP contribution < -0.4 is 20.9 Å². The van der Waals surface area contributed by atoms with Crippen LogP contribution >= 0.6 is 0 Å². The van der Waals surface area contributed by atoms with Gasteiger partial charge in [0.25, 0.3) is 11.8 Å².